The fourth-order valence-electron chi connectivity index (χ4n) is 1.22. The summed E-state index contributed by atoms with van der Waals surface area (Å²) in [6.45, 7) is 1.98. The molecule has 13 heavy (non-hydrogen) atoms. The molecule has 0 saturated carbocycles. The number of hydrogen-bond donors (Lipinski definition) is 2. The first kappa shape index (κ1) is 9.86. The summed E-state index contributed by atoms with van der Waals surface area (Å²) in [7, 11) is 1.52. The molecule has 1 atom stereocenters. The predicted molar refractivity (Wildman–Crippen MR) is 51.9 cm³/mol. The maximum atomic E-state index is 9.69. The molecule has 0 amide bonds. The van der Waals surface area contributed by atoms with Crippen molar-refractivity contribution in [3.8, 4) is 11.5 Å². The monoisotopic (exact) mass is 181 g/mol. The zero-order valence-corrected chi connectivity index (χ0v) is 7.95. The van der Waals surface area contributed by atoms with Gasteiger partial charge in [0.15, 0.2) is 11.5 Å². The Kier molecular flexibility index (Phi) is 3.14. The van der Waals surface area contributed by atoms with Crippen molar-refractivity contribution in [2.75, 3.05) is 7.11 Å². The number of phenols is 1. The van der Waals surface area contributed by atoms with Gasteiger partial charge in [0.05, 0.1) is 7.11 Å². The van der Waals surface area contributed by atoms with E-state index in [0.29, 0.717) is 5.75 Å². The number of para-hydroxylation sites is 1. The average Bonchev–Trinajstić information content (AvgIpc) is 2.17. The van der Waals surface area contributed by atoms with Gasteiger partial charge in [0.1, 0.15) is 0 Å². The molecule has 72 valence electrons. The van der Waals surface area contributed by atoms with E-state index in [1.54, 1.807) is 6.07 Å². The van der Waals surface area contributed by atoms with Crippen LogP contribution in [0.4, 0.5) is 0 Å². The van der Waals surface area contributed by atoms with Crippen molar-refractivity contribution < 1.29 is 9.84 Å². The summed E-state index contributed by atoms with van der Waals surface area (Å²) in [5, 5.41) is 9.69. The smallest absolute Gasteiger partial charge is 0.162 e. The Balaban J connectivity index is 3.08. The van der Waals surface area contributed by atoms with Gasteiger partial charge in [-0.1, -0.05) is 19.1 Å². The lowest BCUT2D eigenvalue weighted by molar-refractivity contribution is 0.368. The third-order valence-electron chi connectivity index (χ3n) is 2.09. The Hall–Kier alpha value is -1.22. The van der Waals surface area contributed by atoms with Crippen molar-refractivity contribution in [2.45, 2.75) is 19.4 Å². The molecule has 1 aromatic rings. The molecule has 0 aliphatic rings. The second-order valence-corrected chi connectivity index (χ2v) is 2.91. The van der Waals surface area contributed by atoms with Gasteiger partial charge in [0.25, 0.3) is 0 Å². The van der Waals surface area contributed by atoms with Crippen molar-refractivity contribution in [3.63, 3.8) is 0 Å². The van der Waals surface area contributed by atoms with E-state index in [9.17, 15) is 5.11 Å². The molecular weight excluding hydrogens is 166 g/mol. The van der Waals surface area contributed by atoms with Gasteiger partial charge in [-0.25, -0.2) is 0 Å². The Morgan fingerprint density at radius 1 is 1.54 bits per heavy atom. The van der Waals surface area contributed by atoms with Crippen LogP contribution in [-0.2, 0) is 0 Å². The van der Waals surface area contributed by atoms with Crippen LogP contribution in [0.15, 0.2) is 18.2 Å². The molecule has 0 bridgehead atoms. The van der Waals surface area contributed by atoms with Crippen LogP contribution in [0.3, 0.4) is 0 Å². The normalized spacial score (nSPS) is 12.5. The lowest BCUT2D eigenvalue weighted by Gasteiger charge is -2.13. The summed E-state index contributed by atoms with van der Waals surface area (Å²) < 4.78 is 4.97. The number of ether oxygens (including phenoxy) is 1. The van der Waals surface area contributed by atoms with Crippen LogP contribution < -0.4 is 10.5 Å². The summed E-state index contributed by atoms with van der Waals surface area (Å²) in [4.78, 5) is 0. The highest BCUT2D eigenvalue weighted by Crippen LogP contribution is 2.33. The number of benzene rings is 1. The maximum Gasteiger partial charge on any atom is 0.162 e. The minimum atomic E-state index is -0.130. The lowest BCUT2D eigenvalue weighted by Crippen LogP contribution is -2.08. The first-order valence-electron chi connectivity index (χ1n) is 4.32. The van der Waals surface area contributed by atoms with E-state index in [1.165, 1.54) is 7.11 Å². The number of hydrogen-bond acceptors (Lipinski definition) is 3. The first-order chi connectivity index (χ1) is 6.20. The van der Waals surface area contributed by atoms with Crippen molar-refractivity contribution in [1.82, 2.24) is 0 Å². The molecule has 1 rings (SSSR count). The Morgan fingerprint density at radius 2 is 2.23 bits per heavy atom. The summed E-state index contributed by atoms with van der Waals surface area (Å²) in [6.07, 6.45) is 0.792. The third kappa shape index (κ3) is 1.92. The van der Waals surface area contributed by atoms with Crippen molar-refractivity contribution in [1.29, 1.82) is 0 Å². The summed E-state index contributed by atoms with van der Waals surface area (Å²) >= 11 is 0. The van der Waals surface area contributed by atoms with Crippen molar-refractivity contribution >= 4 is 0 Å². The molecule has 0 fully saturated rings. The third-order valence-corrected chi connectivity index (χ3v) is 2.09. The van der Waals surface area contributed by atoms with E-state index in [4.69, 9.17) is 10.5 Å². The molecule has 3 heteroatoms. The lowest BCUT2D eigenvalue weighted by atomic mass is 10.0. The van der Waals surface area contributed by atoms with Crippen molar-refractivity contribution in [3.05, 3.63) is 23.8 Å². The number of nitrogens with two attached hydrogens (primary N) is 1. The molecule has 0 radical (unpaired) electrons. The zero-order valence-electron chi connectivity index (χ0n) is 7.95. The maximum absolute atomic E-state index is 9.69. The molecule has 3 N–H and O–H groups in total. The molecule has 1 aromatic carbocycles. The van der Waals surface area contributed by atoms with Gasteiger partial charge in [-0.15, -0.1) is 0 Å². The highest BCUT2D eigenvalue weighted by molar-refractivity contribution is 5.46. The van der Waals surface area contributed by atoms with Crippen LogP contribution in [0.1, 0.15) is 24.9 Å². The summed E-state index contributed by atoms with van der Waals surface area (Å²) in [5.74, 6) is 0.626. The minimum absolute atomic E-state index is 0.130. The van der Waals surface area contributed by atoms with Gasteiger partial charge in [0, 0.05) is 11.6 Å². The van der Waals surface area contributed by atoms with E-state index in [-0.39, 0.29) is 11.8 Å². The van der Waals surface area contributed by atoms with E-state index < -0.39 is 0 Å². The number of rotatable bonds is 3. The molecule has 0 heterocycles. The van der Waals surface area contributed by atoms with Crippen LogP contribution in [0, 0.1) is 0 Å². The molecule has 0 aliphatic heterocycles. The first-order valence-corrected chi connectivity index (χ1v) is 4.32. The fourth-order valence-corrected chi connectivity index (χ4v) is 1.22. The van der Waals surface area contributed by atoms with Gasteiger partial charge >= 0.3 is 0 Å². The summed E-state index contributed by atoms with van der Waals surface area (Å²) in [6, 6.07) is 5.21. The second-order valence-electron chi connectivity index (χ2n) is 2.91. The van der Waals surface area contributed by atoms with Crippen LogP contribution in [0.25, 0.3) is 0 Å². The van der Waals surface area contributed by atoms with Gasteiger partial charge < -0.3 is 15.6 Å². The van der Waals surface area contributed by atoms with E-state index in [2.05, 4.69) is 0 Å². The molecule has 3 nitrogen and oxygen atoms in total. The molecule has 0 aliphatic carbocycles. The largest absolute Gasteiger partial charge is 0.504 e. The average molecular weight is 181 g/mol. The van der Waals surface area contributed by atoms with E-state index >= 15 is 0 Å². The fraction of sp³-hybridized carbons (Fsp3) is 0.400. The number of aromatic hydroxyl groups is 1. The standard InChI is InChI=1S/C10H15NO2/c1-3-8(11)7-5-4-6-9(13-2)10(7)12/h4-6,8,12H,3,11H2,1-2H3. The van der Waals surface area contributed by atoms with Gasteiger partial charge in [-0.2, -0.15) is 0 Å². The van der Waals surface area contributed by atoms with Gasteiger partial charge in [0.2, 0.25) is 0 Å². The number of phenolic OH excluding ortho intramolecular Hbond substituents is 1. The molecule has 1 unspecified atom stereocenters. The quantitative estimate of drug-likeness (QED) is 0.747. The van der Waals surface area contributed by atoms with Crippen LogP contribution in [-0.4, -0.2) is 12.2 Å². The Bertz CT molecular complexity index is 286. The van der Waals surface area contributed by atoms with E-state index in [1.807, 2.05) is 19.1 Å². The molecule has 0 aromatic heterocycles. The highest BCUT2D eigenvalue weighted by atomic mass is 16.5. The SMILES string of the molecule is CCC(N)c1cccc(OC)c1O. The van der Waals surface area contributed by atoms with Crippen LogP contribution >= 0.6 is 0 Å². The van der Waals surface area contributed by atoms with Crippen molar-refractivity contribution in [2.24, 2.45) is 5.73 Å². The molecule has 0 saturated heterocycles. The highest BCUT2D eigenvalue weighted by Gasteiger charge is 2.11. The van der Waals surface area contributed by atoms with Gasteiger partial charge in [-0.05, 0) is 12.5 Å². The molecular formula is C10H15NO2. The number of methoxy groups -OCH3 is 1. The Morgan fingerprint density at radius 3 is 2.77 bits per heavy atom. The van der Waals surface area contributed by atoms with Crippen LogP contribution in [0.5, 0.6) is 11.5 Å². The molecule has 0 spiro atoms. The summed E-state index contributed by atoms with van der Waals surface area (Å²) in [5.41, 5.74) is 6.54. The van der Waals surface area contributed by atoms with Gasteiger partial charge in [-0.3, -0.25) is 0 Å². The second kappa shape index (κ2) is 4.14. The topological polar surface area (TPSA) is 55.5 Å². The van der Waals surface area contributed by atoms with E-state index in [0.717, 1.165) is 12.0 Å². The predicted octanol–water partition coefficient (Wildman–Crippen LogP) is 1.81. The minimum Gasteiger partial charge on any atom is -0.504 e. The zero-order chi connectivity index (χ0) is 9.84. The Labute approximate surface area is 78.1 Å². The van der Waals surface area contributed by atoms with Crippen LogP contribution in [0.2, 0.25) is 0 Å².